The van der Waals surface area contributed by atoms with Crippen LogP contribution in [0.15, 0.2) is 77.7 Å². The number of nitrogens with one attached hydrogen (secondary N) is 1. The van der Waals surface area contributed by atoms with Gasteiger partial charge in [-0.05, 0) is 64.4 Å². The summed E-state index contributed by atoms with van der Waals surface area (Å²) in [5, 5.41) is 2.92. The van der Waals surface area contributed by atoms with Gasteiger partial charge in [0.25, 0.3) is 10.0 Å². The highest BCUT2D eigenvalue weighted by atomic mass is 32.2. The van der Waals surface area contributed by atoms with E-state index >= 15 is 0 Å². The van der Waals surface area contributed by atoms with Crippen LogP contribution in [0.4, 0.5) is 5.69 Å². The van der Waals surface area contributed by atoms with E-state index in [4.69, 9.17) is 9.47 Å². The molecule has 3 rings (SSSR count). The van der Waals surface area contributed by atoms with Crippen LogP contribution in [-0.4, -0.2) is 57.5 Å². The third-order valence-corrected chi connectivity index (χ3v) is 8.17. The van der Waals surface area contributed by atoms with Crippen molar-refractivity contribution in [3.8, 4) is 11.5 Å². The molecule has 0 spiro atoms. The van der Waals surface area contributed by atoms with Crippen molar-refractivity contribution in [2.45, 2.75) is 57.6 Å². The summed E-state index contributed by atoms with van der Waals surface area (Å²) in [6, 6.07) is 19.5. The molecule has 3 aromatic carbocycles. The van der Waals surface area contributed by atoms with E-state index in [1.807, 2.05) is 58.0 Å². The van der Waals surface area contributed by atoms with Gasteiger partial charge in [0.2, 0.25) is 11.8 Å². The first-order valence-electron chi connectivity index (χ1n) is 13.2. The minimum atomic E-state index is -4.25. The van der Waals surface area contributed by atoms with Crippen molar-refractivity contribution < 1.29 is 27.5 Å². The molecular formula is C31H39N3O6S. The molecule has 220 valence electrons. The molecule has 0 fully saturated rings. The fourth-order valence-corrected chi connectivity index (χ4v) is 5.61. The standard InChI is InChI=1S/C31H39N3O6S/c1-22-13-15-25(16-14-22)34(41(37,38)26-17-18-27(39-6)28(19-26)40-7)21-29(35)33(20-24-11-9-8-10-12-24)23(2)30(36)32-31(3,4)5/h8-19,23H,20-21H2,1-7H3,(H,32,36)/t23-/m1/s1. The summed E-state index contributed by atoms with van der Waals surface area (Å²) < 4.78 is 39.8. The lowest BCUT2D eigenvalue weighted by molar-refractivity contribution is -0.140. The van der Waals surface area contributed by atoms with Crippen LogP contribution in [0, 0.1) is 6.92 Å². The summed E-state index contributed by atoms with van der Waals surface area (Å²) in [5.74, 6) is -0.263. The van der Waals surface area contributed by atoms with Gasteiger partial charge < -0.3 is 19.7 Å². The summed E-state index contributed by atoms with van der Waals surface area (Å²) in [7, 11) is -1.37. The number of aryl methyl sites for hydroxylation is 1. The Balaban J connectivity index is 2.06. The highest BCUT2D eigenvalue weighted by Gasteiger charge is 2.33. The maximum Gasteiger partial charge on any atom is 0.264 e. The summed E-state index contributed by atoms with van der Waals surface area (Å²) >= 11 is 0. The van der Waals surface area contributed by atoms with Crippen molar-refractivity contribution >= 4 is 27.5 Å². The van der Waals surface area contributed by atoms with E-state index in [1.54, 1.807) is 31.2 Å². The predicted molar refractivity (Wildman–Crippen MR) is 160 cm³/mol. The molecule has 3 aromatic rings. The molecule has 9 nitrogen and oxygen atoms in total. The summed E-state index contributed by atoms with van der Waals surface area (Å²) in [4.78, 5) is 28.5. The smallest absolute Gasteiger partial charge is 0.264 e. The molecule has 10 heteroatoms. The van der Waals surface area contributed by atoms with E-state index in [0.717, 1.165) is 15.4 Å². The first-order chi connectivity index (χ1) is 19.3. The van der Waals surface area contributed by atoms with Gasteiger partial charge in [-0.1, -0.05) is 48.0 Å². The Hall–Kier alpha value is -4.05. The van der Waals surface area contributed by atoms with Crippen LogP contribution in [0.5, 0.6) is 11.5 Å². The van der Waals surface area contributed by atoms with E-state index in [1.165, 1.54) is 37.3 Å². The maximum absolute atomic E-state index is 14.1. The quantitative estimate of drug-likeness (QED) is 0.357. The Morgan fingerprint density at radius 3 is 2.07 bits per heavy atom. The highest BCUT2D eigenvalue weighted by molar-refractivity contribution is 7.92. The molecular weight excluding hydrogens is 542 g/mol. The van der Waals surface area contributed by atoms with Gasteiger partial charge in [-0.2, -0.15) is 0 Å². The van der Waals surface area contributed by atoms with Gasteiger partial charge >= 0.3 is 0 Å². The molecule has 2 amide bonds. The third kappa shape index (κ3) is 8.00. The molecule has 0 aromatic heterocycles. The molecule has 41 heavy (non-hydrogen) atoms. The van der Waals surface area contributed by atoms with Gasteiger partial charge in [0.1, 0.15) is 12.6 Å². The van der Waals surface area contributed by atoms with E-state index in [2.05, 4.69) is 5.32 Å². The Labute approximate surface area is 243 Å². The molecule has 0 unspecified atom stereocenters. The Kier molecular flexibility index (Phi) is 10.0. The van der Waals surface area contributed by atoms with Crippen molar-refractivity contribution in [3.05, 3.63) is 83.9 Å². The number of carbonyl (C=O) groups is 2. The van der Waals surface area contributed by atoms with Crippen molar-refractivity contribution in [3.63, 3.8) is 0 Å². The zero-order valence-corrected chi connectivity index (χ0v) is 25.5. The van der Waals surface area contributed by atoms with Crippen LogP contribution < -0.4 is 19.1 Å². The van der Waals surface area contributed by atoms with Crippen LogP contribution in [-0.2, 0) is 26.2 Å². The number of hydrogen-bond donors (Lipinski definition) is 1. The van der Waals surface area contributed by atoms with Gasteiger partial charge in [-0.3, -0.25) is 13.9 Å². The number of amides is 2. The molecule has 0 radical (unpaired) electrons. The van der Waals surface area contributed by atoms with E-state index in [9.17, 15) is 18.0 Å². The first kappa shape index (κ1) is 31.5. The van der Waals surface area contributed by atoms with Crippen LogP contribution in [0.2, 0.25) is 0 Å². The summed E-state index contributed by atoms with van der Waals surface area (Å²) in [6.07, 6.45) is 0. The topological polar surface area (TPSA) is 105 Å². The second kappa shape index (κ2) is 13.1. The molecule has 0 saturated carbocycles. The maximum atomic E-state index is 14.1. The zero-order valence-electron chi connectivity index (χ0n) is 24.7. The van der Waals surface area contributed by atoms with E-state index < -0.39 is 34.1 Å². The Bertz CT molecular complexity index is 1450. The third-order valence-electron chi connectivity index (χ3n) is 6.41. The monoisotopic (exact) mass is 581 g/mol. The van der Waals surface area contributed by atoms with Crippen LogP contribution >= 0.6 is 0 Å². The molecule has 0 aliphatic carbocycles. The summed E-state index contributed by atoms with van der Waals surface area (Å²) in [5.41, 5.74) is 1.53. The van der Waals surface area contributed by atoms with Gasteiger partial charge in [0, 0.05) is 18.2 Å². The molecule has 0 aliphatic rings. The Morgan fingerprint density at radius 1 is 0.902 bits per heavy atom. The predicted octanol–water partition coefficient (Wildman–Crippen LogP) is 4.54. The number of anilines is 1. The lowest BCUT2D eigenvalue weighted by Crippen LogP contribution is -2.54. The summed E-state index contributed by atoms with van der Waals surface area (Å²) in [6.45, 7) is 8.69. The number of benzene rings is 3. The van der Waals surface area contributed by atoms with Crippen molar-refractivity contribution in [2.75, 3.05) is 25.1 Å². The molecule has 0 heterocycles. The van der Waals surface area contributed by atoms with Crippen molar-refractivity contribution in [1.82, 2.24) is 10.2 Å². The molecule has 1 atom stereocenters. The largest absolute Gasteiger partial charge is 0.493 e. The number of ether oxygens (including phenoxy) is 2. The van der Waals surface area contributed by atoms with Crippen molar-refractivity contribution in [1.29, 1.82) is 0 Å². The number of rotatable bonds is 11. The minimum Gasteiger partial charge on any atom is -0.493 e. The normalized spacial score (nSPS) is 12.3. The number of nitrogens with zero attached hydrogens (tertiary/aromatic N) is 2. The van der Waals surface area contributed by atoms with Crippen LogP contribution in [0.25, 0.3) is 0 Å². The van der Waals surface area contributed by atoms with Gasteiger partial charge in [-0.15, -0.1) is 0 Å². The van der Waals surface area contributed by atoms with E-state index in [0.29, 0.717) is 11.4 Å². The van der Waals surface area contributed by atoms with Crippen LogP contribution in [0.1, 0.15) is 38.8 Å². The fourth-order valence-electron chi connectivity index (χ4n) is 4.18. The molecule has 0 saturated heterocycles. The average Bonchev–Trinajstić information content (AvgIpc) is 2.93. The molecule has 0 bridgehead atoms. The minimum absolute atomic E-state index is 0.0725. The Morgan fingerprint density at radius 2 is 1.51 bits per heavy atom. The first-order valence-corrected chi connectivity index (χ1v) is 14.7. The van der Waals surface area contributed by atoms with E-state index in [-0.39, 0.29) is 23.1 Å². The average molecular weight is 582 g/mol. The zero-order chi connectivity index (χ0) is 30.4. The number of carbonyl (C=O) groups excluding carboxylic acids is 2. The fraction of sp³-hybridized carbons (Fsp3) is 0.355. The number of sulfonamides is 1. The SMILES string of the molecule is COc1ccc(S(=O)(=O)N(CC(=O)N(Cc2ccccc2)[C@H](C)C(=O)NC(C)(C)C)c2ccc(C)cc2)cc1OC. The van der Waals surface area contributed by atoms with Crippen molar-refractivity contribution in [2.24, 2.45) is 0 Å². The molecule has 1 N–H and O–H groups in total. The lowest BCUT2D eigenvalue weighted by Gasteiger charge is -2.33. The highest BCUT2D eigenvalue weighted by Crippen LogP contribution is 2.32. The lowest BCUT2D eigenvalue weighted by atomic mass is 10.1. The van der Waals surface area contributed by atoms with Gasteiger partial charge in [0.15, 0.2) is 11.5 Å². The second-order valence-electron chi connectivity index (χ2n) is 10.8. The molecule has 0 aliphatic heterocycles. The second-order valence-corrected chi connectivity index (χ2v) is 12.6. The van der Waals surface area contributed by atoms with Gasteiger partial charge in [0.05, 0.1) is 24.8 Å². The number of hydrogen-bond acceptors (Lipinski definition) is 6. The van der Waals surface area contributed by atoms with Crippen LogP contribution in [0.3, 0.4) is 0 Å². The van der Waals surface area contributed by atoms with Gasteiger partial charge in [-0.25, -0.2) is 8.42 Å². The number of methoxy groups -OCH3 is 2.